The Bertz CT molecular complexity index is 674. The second-order valence-electron chi connectivity index (χ2n) is 4.67. The molecular weight excluding hydrogens is 274 g/mol. The molecule has 0 aliphatic heterocycles. The maximum absolute atomic E-state index is 12.4. The Balaban J connectivity index is 2.16. The summed E-state index contributed by atoms with van der Waals surface area (Å²) in [7, 11) is -3.37. The lowest BCUT2D eigenvalue weighted by atomic mass is 10.2. The van der Waals surface area contributed by atoms with Crippen molar-refractivity contribution in [3.05, 3.63) is 53.5 Å². The van der Waals surface area contributed by atoms with Gasteiger partial charge in [0.1, 0.15) is 17.3 Å². The smallest absolute Gasteiger partial charge is 0.185 e. The van der Waals surface area contributed by atoms with Crippen LogP contribution >= 0.6 is 0 Å². The summed E-state index contributed by atoms with van der Waals surface area (Å²) in [5.74, 6) is 1.12. The molecule has 1 N–H and O–H groups in total. The highest BCUT2D eigenvalue weighted by molar-refractivity contribution is 7.90. The van der Waals surface area contributed by atoms with Gasteiger partial charge in [-0.3, -0.25) is 0 Å². The Hall–Kier alpha value is -1.59. The van der Waals surface area contributed by atoms with Crippen molar-refractivity contribution in [1.82, 2.24) is 5.32 Å². The van der Waals surface area contributed by atoms with Crippen LogP contribution in [0.5, 0.6) is 0 Å². The topological polar surface area (TPSA) is 59.3 Å². The van der Waals surface area contributed by atoms with E-state index in [2.05, 4.69) is 5.32 Å². The van der Waals surface area contributed by atoms with E-state index in [4.69, 9.17) is 4.42 Å². The number of aryl methyl sites for hydroxylation is 1. The second kappa shape index (κ2) is 6.24. The number of rotatable bonds is 6. The summed E-state index contributed by atoms with van der Waals surface area (Å²) in [5, 5.41) is 3.14. The fourth-order valence-corrected chi connectivity index (χ4v) is 3.54. The van der Waals surface area contributed by atoms with E-state index in [1.165, 1.54) is 0 Å². The van der Waals surface area contributed by atoms with E-state index in [1.807, 2.05) is 19.1 Å². The van der Waals surface area contributed by atoms with Gasteiger partial charge in [-0.05, 0) is 37.2 Å². The summed E-state index contributed by atoms with van der Waals surface area (Å²) in [6.45, 7) is 5.26. The molecule has 0 bridgehead atoms. The molecule has 4 nitrogen and oxygen atoms in total. The zero-order valence-electron chi connectivity index (χ0n) is 11.7. The highest BCUT2D eigenvalue weighted by Gasteiger charge is 2.19. The van der Waals surface area contributed by atoms with Crippen molar-refractivity contribution in [2.24, 2.45) is 0 Å². The third kappa shape index (κ3) is 3.49. The van der Waals surface area contributed by atoms with Gasteiger partial charge in [0.15, 0.2) is 9.84 Å². The maximum Gasteiger partial charge on any atom is 0.185 e. The minimum atomic E-state index is -3.37. The number of sulfone groups is 1. The van der Waals surface area contributed by atoms with Crippen LogP contribution in [0.15, 0.2) is 45.7 Å². The van der Waals surface area contributed by atoms with Gasteiger partial charge in [-0.25, -0.2) is 8.42 Å². The first-order valence-electron chi connectivity index (χ1n) is 6.59. The van der Waals surface area contributed by atoms with Crippen LogP contribution in [0.1, 0.15) is 24.0 Å². The lowest BCUT2D eigenvalue weighted by Crippen LogP contribution is -2.11. The van der Waals surface area contributed by atoms with Gasteiger partial charge in [-0.2, -0.15) is 0 Å². The zero-order chi connectivity index (χ0) is 14.6. The van der Waals surface area contributed by atoms with Crippen LogP contribution in [0.3, 0.4) is 0 Å². The van der Waals surface area contributed by atoms with E-state index in [9.17, 15) is 8.42 Å². The van der Waals surface area contributed by atoms with Gasteiger partial charge in [0.2, 0.25) is 0 Å². The van der Waals surface area contributed by atoms with Crippen LogP contribution < -0.4 is 5.32 Å². The van der Waals surface area contributed by atoms with Crippen molar-refractivity contribution in [2.45, 2.75) is 31.0 Å². The van der Waals surface area contributed by atoms with Crippen molar-refractivity contribution in [3.8, 4) is 0 Å². The highest BCUT2D eigenvalue weighted by atomic mass is 32.2. The van der Waals surface area contributed by atoms with E-state index in [-0.39, 0.29) is 5.75 Å². The van der Waals surface area contributed by atoms with Crippen molar-refractivity contribution in [3.63, 3.8) is 0 Å². The molecule has 0 unspecified atom stereocenters. The van der Waals surface area contributed by atoms with E-state index in [1.54, 1.807) is 31.2 Å². The van der Waals surface area contributed by atoms with Gasteiger partial charge in [0.05, 0.1) is 11.4 Å². The summed E-state index contributed by atoms with van der Waals surface area (Å²) >= 11 is 0. The molecule has 0 saturated carbocycles. The average molecular weight is 293 g/mol. The first-order chi connectivity index (χ1) is 9.53. The number of furan rings is 1. The van der Waals surface area contributed by atoms with E-state index in [0.717, 1.165) is 17.9 Å². The predicted octanol–water partition coefficient (Wildman–Crippen LogP) is 2.67. The van der Waals surface area contributed by atoms with Crippen LogP contribution in [0.25, 0.3) is 0 Å². The maximum atomic E-state index is 12.4. The molecular formula is C15H19NO3S. The molecule has 2 rings (SSSR count). The second-order valence-corrected chi connectivity index (χ2v) is 6.63. The molecule has 0 saturated heterocycles. The Morgan fingerprint density at radius 1 is 1.10 bits per heavy atom. The fraction of sp³-hybridized carbons (Fsp3) is 0.333. The number of benzene rings is 1. The monoisotopic (exact) mass is 293 g/mol. The Morgan fingerprint density at radius 3 is 2.50 bits per heavy atom. The molecule has 0 radical (unpaired) electrons. The van der Waals surface area contributed by atoms with Gasteiger partial charge in [0.25, 0.3) is 0 Å². The van der Waals surface area contributed by atoms with Crippen LogP contribution in [0.4, 0.5) is 0 Å². The molecule has 1 aromatic carbocycles. The molecule has 108 valence electrons. The van der Waals surface area contributed by atoms with Crippen LogP contribution in [-0.4, -0.2) is 15.0 Å². The van der Waals surface area contributed by atoms with E-state index < -0.39 is 9.84 Å². The molecule has 1 aromatic heterocycles. The standard InChI is InChI=1S/C15H19NO3S/c1-3-16-10-13-8-9-14(19-13)11-20(17,18)15-7-5-4-6-12(15)2/h4-9,16H,3,10-11H2,1-2H3. The first kappa shape index (κ1) is 14.8. The quantitative estimate of drug-likeness (QED) is 0.889. The number of hydrogen-bond acceptors (Lipinski definition) is 4. The molecule has 2 aromatic rings. The predicted molar refractivity (Wildman–Crippen MR) is 78.2 cm³/mol. The van der Waals surface area contributed by atoms with Gasteiger partial charge in [-0.1, -0.05) is 25.1 Å². The molecule has 0 aliphatic carbocycles. The fourth-order valence-electron chi connectivity index (χ4n) is 2.01. The Morgan fingerprint density at radius 2 is 1.80 bits per heavy atom. The molecule has 0 atom stereocenters. The van der Waals surface area contributed by atoms with Crippen molar-refractivity contribution >= 4 is 9.84 Å². The zero-order valence-corrected chi connectivity index (χ0v) is 12.5. The van der Waals surface area contributed by atoms with Crippen molar-refractivity contribution < 1.29 is 12.8 Å². The molecule has 20 heavy (non-hydrogen) atoms. The molecule has 5 heteroatoms. The average Bonchev–Trinajstić information content (AvgIpc) is 2.83. The van der Waals surface area contributed by atoms with E-state index in [0.29, 0.717) is 17.2 Å². The molecule has 0 spiro atoms. The Labute approximate surface area is 119 Å². The summed E-state index contributed by atoms with van der Waals surface area (Å²) < 4.78 is 30.3. The van der Waals surface area contributed by atoms with Crippen LogP contribution in [0.2, 0.25) is 0 Å². The van der Waals surface area contributed by atoms with Gasteiger partial charge in [-0.15, -0.1) is 0 Å². The number of hydrogen-bond donors (Lipinski definition) is 1. The summed E-state index contributed by atoms with van der Waals surface area (Å²) in [5.41, 5.74) is 0.756. The van der Waals surface area contributed by atoms with Crippen molar-refractivity contribution in [2.75, 3.05) is 6.54 Å². The molecule has 0 amide bonds. The van der Waals surface area contributed by atoms with Gasteiger partial charge in [0, 0.05) is 0 Å². The summed E-state index contributed by atoms with van der Waals surface area (Å²) in [6.07, 6.45) is 0. The molecule has 0 aliphatic rings. The lowest BCUT2D eigenvalue weighted by molar-refractivity contribution is 0.459. The SMILES string of the molecule is CCNCc1ccc(CS(=O)(=O)c2ccccc2C)o1. The van der Waals surface area contributed by atoms with Crippen LogP contribution in [-0.2, 0) is 22.1 Å². The minimum absolute atomic E-state index is 0.107. The van der Waals surface area contributed by atoms with E-state index >= 15 is 0 Å². The van der Waals surface area contributed by atoms with Crippen molar-refractivity contribution in [1.29, 1.82) is 0 Å². The third-order valence-electron chi connectivity index (χ3n) is 3.03. The lowest BCUT2D eigenvalue weighted by Gasteiger charge is -2.05. The summed E-state index contributed by atoms with van der Waals surface area (Å²) in [4.78, 5) is 0.365. The summed E-state index contributed by atoms with van der Waals surface area (Å²) in [6, 6.07) is 10.5. The highest BCUT2D eigenvalue weighted by Crippen LogP contribution is 2.21. The first-order valence-corrected chi connectivity index (χ1v) is 8.25. The minimum Gasteiger partial charge on any atom is -0.464 e. The van der Waals surface area contributed by atoms with Crippen LogP contribution in [0, 0.1) is 6.92 Å². The third-order valence-corrected chi connectivity index (χ3v) is 4.82. The van der Waals surface area contributed by atoms with Gasteiger partial charge < -0.3 is 9.73 Å². The normalized spacial score (nSPS) is 11.7. The molecule has 0 fully saturated rings. The van der Waals surface area contributed by atoms with Gasteiger partial charge >= 0.3 is 0 Å². The number of nitrogens with one attached hydrogen (secondary N) is 1. The molecule has 1 heterocycles. The Kier molecular flexibility index (Phi) is 4.62. The largest absolute Gasteiger partial charge is 0.464 e.